The van der Waals surface area contributed by atoms with Gasteiger partial charge in [-0.2, -0.15) is 0 Å². The number of piperazine rings is 1. The largest absolute Gasteiger partial charge is 0.311 e. The molecule has 18 heavy (non-hydrogen) atoms. The lowest BCUT2D eigenvalue weighted by molar-refractivity contribution is 0.00423. The fourth-order valence-corrected chi connectivity index (χ4v) is 3.68. The maximum atomic E-state index is 3.61. The van der Waals surface area contributed by atoms with E-state index in [1.807, 2.05) is 0 Å². The summed E-state index contributed by atoms with van der Waals surface area (Å²) in [6, 6.07) is 1.53. The van der Waals surface area contributed by atoms with Crippen molar-refractivity contribution in [1.29, 1.82) is 0 Å². The van der Waals surface area contributed by atoms with Crippen molar-refractivity contribution in [3.8, 4) is 0 Å². The van der Waals surface area contributed by atoms with Crippen LogP contribution in [0.5, 0.6) is 0 Å². The van der Waals surface area contributed by atoms with E-state index in [2.05, 4.69) is 42.8 Å². The average Bonchev–Trinajstić information content (AvgIpc) is 2.29. The number of fused-ring (bicyclic) bond motifs is 1. The molecule has 2 fully saturated rings. The van der Waals surface area contributed by atoms with E-state index in [4.69, 9.17) is 0 Å². The van der Waals surface area contributed by atoms with Crippen molar-refractivity contribution < 1.29 is 0 Å². The lowest BCUT2D eigenvalue weighted by Crippen LogP contribution is -2.62. The summed E-state index contributed by atoms with van der Waals surface area (Å²) in [5.74, 6) is 0. The van der Waals surface area contributed by atoms with Crippen LogP contribution in [0.25, 0.3) is 0 Å². The maximum absolute atomic E-state index is 3.61. The van der Waals surface area contributed by atoms with E-state index in [0.717, 1.165) is 12.6 Å². The Kier molecular flexibility index (Phi) is 4.68. The van der Waals surface area contributed by atoms with Crippen molar-refractivity contribution in [3.05, 3.63) is 0 Å². The van der Waals surface area contributed by atoms with Crippen molar-refractivity contribution in [3.63, 3.8) is 0 Å². The third-order valence-electron chi connectivity index (χ3n) is 4.57. The molecule has 0 aromatic heterocycles. The average molecular weight is 253 g/mol. The zero-order chi connectivity index (χ0) is 13.2. The van der Waals surface area contributed by atoms with Crippen LogP contribution < -0.4 is 5.32 Å². The topological polar surface area (TPSA) is 18.5 Å². The summed E-state index contributed by atoms with van der Waals surface area (Å²) < 4.78 is 0. The second-order valence-electron chi connectivity index (χ2n) is 6.84. The van der Waals surface area contributed by atoms with E-state index in [-0.39, 0.29) is 5.54 Å². The van der Waals surface area contributed by atoms with E-state index < -0.39 is 0 Å². The first-order chi connectivity index (χ1) is 8.52. The predicted octanol–water partition coefficient (Wildman–Crippen LogP) is 1.93. The number of likely N-dealkylation sites (N-methyl/N-ethyl adjacent to an activating group) is 1. The molecule has 1 N–H and O–H groups in total. The van der Waals surface area contributed by atoms with Gasteiger partial charge in [-0.05, 0) is 46.7 Å². The summed E-state index contributed by atoms with van der Waals surface area (Å²) in [5, 5.41) is 3.61. The molecule has 2 atom stereocenters. The number of hydrogen-bond acceptors (Lipinski definition) is 3. The van der Waals surface area contributed by atoms with E-state index in [0.29, 0.717) is 6.04 Å². The Balaban J connectivity index is 1.92. The second-order valence-corrected chi connectivity index (χ2v) is 6.84. The third kappa shape index (κ3) is 3.46. The summed E-state index contributed by atoms with van der Waals surface area (Å²) in [6.07, 6.45) is 4.25. The third-order valence-corrected chi connectivity index (χ3v) is 4.57. The minimum atomic E-state index is 0.236. The van der Waals surface area contributed by atoms with Gasteiger partial charge >= 0.3 is 0 Å². The lowest BCUT2D eigenvalue weighted by atomic mass is 9.95. The van der Waals surface area contributed by atoms with Gasteiger partial charge < -0.3 is 5.32 Å². The first kappa shape index (κ1) is 14.3. The molecule has 3 heteroatoms. The van der Waals surface area contributed by atoms with Gasteiger partial charge in [0.15, 0.2) is 0 Å². The molecule has 0 aliphatic carbocycles. The minimum absolute atomic E-state index is 0.236. The molecule has 2 aliphatic rings. The predicted molar refractivity (Wildman–Crippen MR) is 78.0 cm³/mol. The molecule has 0 saturated carbocycles. The molecule has 2 aliphatic heterocycles. The van der Waals surface area contributed by atoms with Gasteiger partial charge in [-0.3, -0.25) is 9.80 Å². The molecule has 2 unspecified atom stereocenters. The van der Waals surface area contributed by atoms with Gasteiger partial charge in [-0.15, -0.1) is 0 Å². The summed E-state index contributed by atoms with van der Waals surface area (Å²) >= 11 is 0. The van der Waals surface area contributed by atoms with Crippen LogP contribution in [0, 0.1) is 0 Å². The maximum Gasteiger partial charge on any atom is 0.0252 e. The fraction of sp³-hybridized carbons (Fsp3) is 1.00. The molecule has 2 rings (SSSR count). The zero-order valence-corrected chi connectivity index (χ0v) is 12.7. The van der Waals surface area contributed by atoms with Gasteiger partial charge in [0.25, 0.3) is 0 Å². The normalized spacial score (nSPS) is 31.3. The fourth-order valence-electron chi connectivity index (χ4n) is 3.68. The highest BCUT2D eigenvalue weighted by molar-refractivity contribution is 4.92. The van der Waals surface area contributed by atoms with Crippen LogP contribution in [0.2, 0.25) is 0 Å². The van der Waals surface area contributed by atoms with Crippen LogP contribution >= 0.6 is 0 Å². The number of hydrogen-bond donors (Lipinski definition) is 1. The monoisotopic (exact) mass is 253 g/mol. The first-order valence-electron chi connectivity index (χ1n) is 7.75. The summed E-state index contributed by atoms with van der Waals surface area (Å²) in [7, 11) is 0. The second kappa shape index (κ2) is 5.89. The van der Waals surface area contributed by atoms with E-state index in [1.54, 1.807) is 0 Å². The molecule has 0 aromatic carbocycles. The van der Waals surface area contributed by atoms with E-state index >= 15 is 0 Å². The molecule has 2 saturated heterocycles. The number of piperidine rings is 1. The highest BCUT2D eigenvalue weighted by atomic mass is 15.3. The molecule has 2 heterocycles. The first-order valence-corrected chi connectivity index (χ1v) is 7.75. The van der Waals surface area contributed by atoms with Crippen LogP contribution in [0.3, 0.4) is 0 Å². The van der Waals surface area contributed by atoms with Gasteiger partial charge in [-0.1, -0.05) is 13.3 Å². The molecule has 3 nitrogen and oxygen atoms in total. The highest BCUT2D eigenvalue weighted by Crippen LogP contribution is 2.25. The van der Waals surface area contributed by atoms with Crippen molar-refractivity contribution in [2.45, 2.75) is 64.6 Å². The quantitative estimate of drug-likeness (QED) is 0.826. The van der Waals surface area contributed by atoms with Crippen LogP contribution in [-0.4, -0.2) is 60.1 Å². The summed E-state index contributed by atoms with van der Waals surface area (Å²) in [4.78, 5) is 5.43. The van der Waals surface area contributed by atoms with Crippen molar-refractivity contribution >= 4 is 0 Å². The van der Waals surface area contributed by atoms with Crippen LogP contribution in [-0.2, 0) is 0 Å². The Morgan fingerprint density at radius 2 is 2.00 bits per heavy atom. The number of nitrogens with zero attached hydrogens (tertiary/aromatic N) is 2. The van der Waals surface area contributed by atoms with E-state index in [1.165, 1.54) is 45.4 Å². The molecule has 0 aromatic rings. The van der Waals surface area contributed by atoms with E-state index in [9.17, 15) is 0 Å². The molecular weight excluding hydrogens is 222 g/mol. The Morgan fingerprint density at radius 3 is 2.72 bits per heavy atom. The summed E-state index contributed by atoms with van der Waals surface area (Å²) in [5.41, 5.74) is 0.236. The number of rotatable bonds is 4. The number of nitrogens with one attached hydrogen (secondary N) is 1. The smallest absolute Gasteiger partial charge is 0.0252 e. The van der Waals surface area contributed by atoms with Gasteiger partial charge in [0.1, 0.15) is 0 Å². The Hall–Kier alpha value is -0.120. The zero-order valence-electron chi connectivity index (χ0n) is 12.7. The molecule has 0 spiro atoms. The highest BCUT2D eigenvalue weighted by Gasteiger charge is 2.34. The standard InChI is InChI=1S/C15H31N3/c1-5-16-15(3,4)12-18-11-14-8-6-7-9-17(14)10-13(18)2/h13-14,16H,5-12H2,1-4H3. The van der Waals surface area contributed by atoms with Gasteiger partial charge in [-0.25, -0.2) is 0 Å². The molecule has 0 radical (unpaired) electrons. The Morgan fingerprint density at radius 1 is 1.22 bits per heavy atom. The molecule has 106 valence electrons. The SMILES string of the molecule is CCNC(C)(C)CN1CC2CCCCN2CC1C. The van der Waals surface area contributed by atoms with Crippen LogP contribution in [0.4, 0.5) is 0 Å². The molecule has 0 bridgehead atoms. The van der Waals surface area contributed by atoms with Gasteiger partial charge in [0.05, 0.1) is 0 Å². The van der Waals surface area contributed by atoms with Crippen molar-refractivity contribution in [1.82, 2.24) is 15.1 Å². The van der Waals surface area contributed by atoms with Crippen molar-refractivity contribution in [2.75, 3.05) is 32.7 Å². The van der Waals surface area contributed by atoms with Crippen molar-refractivity contribution in [2.24, 2.45) is 0 Å². The minimum Gasteiger partial charge on any atom is -0.311 e. The van der Waals surface area contributed by atoms with Crippen LogP contribution in [0.1, 0.15) is 47.0 Å². The van der Waals surface area contributed by atoms with Gasteiger partial charge in [0, 0.05) is 37.3 Å². The molecule has 0 amide bonds. The Bertz CT molecular complexity index is 264. The Labute approximate surface area is 113 Å². The van der Waals surface area contributed by atoms with Gasteiger partial charge in [0.2, 0.25) is 0 Å². The summed E-state index contributed by atoms with van der Waals surface area (Å²) in [6.45, 7) is 15.4. The molecular formula is C15H31N3. The van der Waals surface area contributed by atoms with Crippen LogP contribution in [0.15, 0.2) is 0 Å². The lowest BCUT2D eigenvalue weighted by Gasteiger charge is -2.49.